The van der Waals surface area contributed by atoms with Crippen LogP contribution in [0.1, 0.15) is 31.9 Å². The Morgan fingerprint density at radius 3 is 2.42 bits per heavy atom. The summed E-state index contributed by atoms with van der Waals surface area (Å²) in [5.74, 6) is -5.25. The Kier molecular flexibility index (Phi) is 6.12. The molecule has 2 saturated heterocycles. The van der Waals surface area contributed by atoms with E-state index in [2.05, 4.69) is 5.32 Å². The first-order valence-corrected chi connectivity index (χ1v) is 11.4. The number of aliphatic carboxylic acids is 1. The summed E-state index contributed by atoms with van der Waals surface area (Å²) < 4.78 is 0. The van der Waals surface area contributed by atoms with E-state index in [0.29, 0.717) is 5.02 Å². The minimum Gasteiger partial charge on any atom is -0.506 e. The van der Waals surface area contributed by atoms with E-state index in [1.54, 1.807) is 18.2 Å². The Labute approximate surface area is 205 Å². The number of carboxylic acid groups (broad SMARTS) is 1. The fraction of sp³-hybridized carbons (Fsp3) is 0.348. The van der Waals surface area contributed by atoms with E-state index in [4.69, 9.17) is 34.8 Å². The van der Waals surface area contributed by atoms with Crippen LogP contribution in [0.4, 0.5) is 5.69 Å². The number of imide groups is 1. The quantitative estimate of drug-likeness (QED) is 0.504. The van der Waals surface area contributed by atoms with Gasteiger partial charge in [0, 0.05) is 21.7 Å². The molecule has 7 nitrogen and oxygen atoms in total. The van der Waals surface area contributed by atoms with Crippen molar-refractivity contribution in [3.05, 3.63) is 57.0 Å². The lowest BCUT2D eigenvalue weighted by Crippen LogP contribution is -2.56. The van der Waals surface area contributed by atoms with Crippen molar-refractivity contribution in [2.24, 2.45) is 17.8 Å². The van der Waals surface area contributed by atoms with Crippen molar-refractivity contribution in [1.29, 1.82) is 0 Å². The molecule has 0 radical (unpaired) electrons. The zero-order valence-electron chi connectivity index (χ0n) is 17.7. The molecule has 3 N–H and O–H groups in total. The number of phenols is 1. The highest BCUT2D eigenvalue weighted by Crippen LogP contribution is 2.53. The summed E-state index contributed by atoms with van der Waals surface area (Å²) in [4.78, 5) is 41.0. The highest BCUT2D eigenvalue weighted by molar-refractivity contribution is 6.35. The lowest BCUT2D eigenvalue weighted by molar-refractivity contribution is -0.149. The van der Waals surface area contributed by atoms with Crippen molar-refractivity contribution in [2.75, 3.05) is 4.90 Å². The average Bonchev–Trinajstić information content (AvgIpc) is 3.19. The van der Waals surface area contributed by atoms with Gasteiger partial charge >= 0.3 is 5.97 Å². The van der Waals surface area contributed by atoms with Crippen LogP contribution >= 0.6 is 34.8 Å². The minimum absolute atomic E-state index is 0.0454. The highest BCUT2D eigenvalue weighted by Gasteiger charge is 2.69. The summed E-state index contributed by atoms with van der Waals surface area (Å²) in [6.07, 6.45) is 0.0808. The van der Waals surface area contributed by atoms with Gasteiger partial charge in [-0.2, -0.15) is 0 Å². The van der Waals surface area contributed by atoms with Crippen molar-refractivity contribution in [3.8, 4) is 5.75 Å². The fourth-order valence-electron chi connectivity index (χ4n) is 5.08. The molecule has 0 aromatic heterocycles. The molecular weight excluding hydrogens is 491 g/mol. The van der Waals surface area contributed by atoms with Crippen LogP contribution in [0.5, 0.6) is 5.75 Å². The first kappa shape index (κ1) is 23.8. The smallest absolute Gasteiger partial charge is 0.324 e. The molecule has 2 fully saturated rings. The topological polar surface area (TPSA) is 107 Å². The van der Waals surface area contributed by atoms with Crippen LogP contribution in [-0.4, -0.2) is 33.5 Å². The lowest BCUT2D eigenvalue weighted by atomic mass is 9.75. The van der Waals surface area contributed by atoms with Crippen LogP contribution in [0.3, 0.4) is 0 Å². The van der Waals surface area contributed by atoms with Crippen LogP contribution in [0, 0.1) is 17.8 Å². The third kappa shape index (κ3) is 3.77. The minimum atomic E-state index is -1.75. The van der Waals surface area contributed by atoms with E-state index in [0.717, 1.165) is 4.90 Å². The van der Waals surface area contributed by atoms with Crippen LogP contribution < -0.4 is 10.2 Å². The van der Waals surface area contributed by atoms with Gasteiger partial charge in [0.15, 0.2) is 0 Å². The molecule has 2 heterocycles. The number of anilines is 1. The molecule has 2 aromatic carbocycles. The second kappa shape index (κ2) is 8.47. The van der Waals surface area contributed by atoms with Gasteiger partial charge in [-0.3, -0.25) is 19.7 Å². The summed E-state index contributed by atoms with van der Waals surface area (Å²) in [7, 11) is 0. The number of benzene rings is 2. The Hall–Kier alpha value is -2.32. The number of rotatable bonds is 5. The number of hydrogen-bond acceptors (Lipinski definition) is 5. The van der Waals surface area contributed by atoms with Gasteiger partial charge in [-0.25, -0.2) is 4.90 Å². The van der Waals surface area contributed by atoms with Gasteiger partial charge in [0.1, 0.15) is 11.3 Å². The summed E-state index contributed by atoms with van der Waals surface area (Å²) in [6.45, 7) is 3.66. The lowest BCUT2D eigenvalue weighted by Gasteiger charge is -2.32. The second-order valence-corrected chi connectivity index (χ2v) is 10.1. The Morgan fingerprint density at radius 1 is 1.12 bits per heavy atom. The Balaban J connectivity index is 1.93. The number of carboxylic acids is 1. The van der Waals surface area contributed by atoms with Crippen LogP contribution in [0.2, 0.25) is 15.1 Å². The number of nitrogens with zero attached hydrogens (tertiary/aromatic N) is 1. The van der Waals surface area contributed by atoms with Crippen LogP contribution in [0.25, 0.3) is 0 Å². The summed E-state index contributed by atoms with van der Waals surface area (Å²) in [5.41, 5.74) is -1.34. The van der Waals surface area contributed by atoms with Gasteiger partial charge in [-0.1, -0.05) is 54.7 Å². The van der Waals surface area contributed by atoms with Gasteiger partial charge in [-0.05, 0) is 42.7 Å². The standard InChI is InChI=1S/C23H21Cl3N2O5/c1-10(2)9-23(22(32)33)17-16(18(27-23)14-7-12(25)8-15(26)19(14)29)20(30)28(21(17)31)13-5-3-4-11(24)6-13/h3-8,10,16-18,27,29H,9H2,1-2H3,(H,32,33)/t16-,17+,18-,23+/m1/s1. The van der Waals surface area contributed by atoms with Crippen molar-refractivity contribution in [1.82, 2.24) is 5.32 Å². The molecule has 4 rings (SSSR count). The molecule has 0 aliphatic carbocycles. The van der Waals surface area contributed by atoms with E-state index in [9.17, 15) is 24.6 Å². The number of phenolic OH excluding ortho intramolecular Hbond substituents is 1. The number of fused-ring (bicyclic) bond motifs is 1. The van der Waals surface area contributed by atoms with Crippen molar-refractivity contribution >= 4 is 58.3 Å². The number of aromatic hydroxyl groups is 1. The molecule has 2 aliphatic heterocycles. The first-order valence-electron chi connectivity index (χ1n) is 10.3. The SMILES string of the molecule is CC(C)C[C@]1(C(=O)O)N[C@H](c2cc(Cl)cc(Cl)c2O)[C@@H]2C(=O)N(c3cccc(Cl)c3)C(=O)[C@H]21. The third-order valence-corrected chi connectivity index (χ3v) is 6.97. The van der Waals surface area contributed by atoms with Gasteiger partial charge in [0.25, 0.3) is 0 Å². The Bertz CT molecular complexity index is 1170. The number of nitrogens with one attached hydrogen (secondary N) is 1. The van der Waals surface area contributed by atoms with Crippen molar-refractivity contribution in [3.63, 3.8) is 0 Å². The van der Waals surface area contributed by atoms with Gasteiger partial charge in [0.2, 0.25) is 11.8 Å². The zero-order valence-corrected chi connectivity index (χ0v) is 19.9. The molecule has 0 spiro atoms. The molecule has 10 heteroatoms. The predicted molar refractivity (Wildman–Crippen MR) is 125 cm³/mol. The molecule has 2 amide bonds. The Morgan fingerprint density at radius 2 is 1.82 bits per heavy atom. The molecule has 2 aliphatic rings. The number of carbonyl (C=O) groups is 3. The van der Waals surface area contributed by atoms with E-state index in [-0.39, 0.29) is 39.4 Å². The average molecular weight is 512 g/mol. The van der Waals surface area contributed by atoms with E-state index in [1.165, 1.54) is 18.2 Å². The summed E-state index contributed by atoms with van der Waals surface area (Å²) in [6, 6.07) is 7.99. The second-order valence-electron chi connectivity index (χ2n) is 8.82. The number of amides is 2. The number of hydrogen-bond donors (Lipinski definition) is 3. The van der Waals surface area contributed by atoms with Crippen molar-refractivity contribution < 1.29 is 24.6 Å². The largest absolute Gasteiger partial charge is 0.506 e. The molecule has 4 atom stereocenters. The number of halogens is 3. The van der Waals surface area contributed by atoms with Gasteiger partial charge < -0.3 is 10.2 Å². The molecule has 2 aromatic rings. The van der Waals surface area contributed by atoms with E-state index >= 15 is 0 Å². The van der Waals surface area contributed by atoms with Crippen molar-refractivity contribution in [2.45, 2.75) is 31.8 Å². The molecule has 174 valence electrons. The monoisotopic (exact) mass is 510 g/mol. The van der Waals surface area contributed by atoms with Crippen LogP contribution in [-0.2, 0) is 14.4 Å². The maximum atomic E-state index is 13.7. The molecular formula is C23H21Cl3N2O5. The maximum Gasteiger partial charge on any atom is 0.324 e. The maximum absolute atomic E-state index is 13.7. The van der Waals surface area contributed by atoms with Gasteiger partial charge in [-0.15, -0.1) is 0 Å². The third-order valence-electron chi connectivity index (χ3n) is 6.23. The van der Waals surface area contributed by atoms with E-state index < -0.39 is 41.2 Å². The number of carbonyl (C=O) groups excluding carboxylic acids is 2. The van der Waals surface area contributed by atoms with E-state index in [1.807, 2.05) is 13.8 Å². The predicted octanol–water partition coefficient (Wildman–Crippen LogP) is 4.67. The highest BCUT2D eigenvalue weighted by atomic mass is 35.5. The molecule has 0 unspecified atom stereocenters. The van der Waals surface area contributed by atoms with Gasteiger partial charge in [0.05, 0.1) is 22.5 Å². The summed E-state index contributed by atoms with van der Waals surface area (Å²) >= 11 is 18.3. The normalized spacial score (nSPS) is 26.8. The molecule has 0 saturated carbocycles. The molecule has 0 bridgehead atoms. The summed E-state index contributed by atoms with van der Waals surface area (Å²) in [5, 5.41) is 24.5. The molecule has 33 heavy (non-hydrogen) atoms. The zero-order chi connectivity index (χ0) is 24.2. The van der Waals surface area contributed by atoms with Crippen LogP contribution in [0.15, 0.2) is 36.4 Å². The fourth-order valence-corrected chi connectivity index (χ4v) is 5.77. The first-order chi connectivity index (χ1) is 15.5.